The molecular formula is C33H26N2O5S. The Bertz CT molecular complexity index is 1750. The van der Waals surface area contributed by atoms with Gasteiger partial charge in [0.2, 0.25) is 5.91 Å². The molecule has 0 aliphatic carbocycles. The second kappa shape index (κ2) is 9.45. The van der Waals surface area contributed by atoms with Gasteiger partial charge in [0, 0.05) is 17.5 Å². The zero-order valence-electron chi connectivity index (χ0n) is 22.4. The number of ketones is 2. The summed E-state index contributed by atoms with van der Waals surface area (Å²) in [4.78, 5) is 46.2. The minimum absolute atomic E-state index is 0.231. The molecule has 3 aromatic carbocycles. The van der Waals surface area contributed by atoms with Crippen LogP contribution < -0.4 is 14.8 Å². The molecule has 1 fully saturated rings. The first-order valence-electron chi connectivity index (χ1n) is 13.3. The van der Waals surface area contributed by atoms with Crippen molar-refractivity contribution in [1.82, 2.24) is 4.90 Å². The molecule has 1 spiro atoms. The van der Waals surface area contributed by atoms with Crippen molar-refractivity contribution in [2.75, 3.05) is 19.5 Å². The number of carbonyl (C=O) groups is 3. The Morgan fingerprint density at radius 1 is 0.902 bits per heavy atom. The Morgan fingerprint density at radius 2 is 1.68 bits per heavy atom. The number of ether oxygens (including phenoxy) is 2. The van der Waals surface area contributed by atoms with E-state index in [1.54, 1.807) is 24.3 Å². The highest BCUT2D eigenvalue weighted by atomic mass is 32.1. The summed E-state index contributed by atoms with van der Waals surface area (Å²) >= 11 is 1.32. The highest BCUT2D eigenvalue weighted by molar-refractivity contribution is 7.12. The van der Waals surface area contributed by atoms with Crippen LogP contribution in [0.5, 0.6) is 11.5 Å². The fraction of sp³-hybridized carbons (Fsp3) is 0.182. The molecule has 0 saturated carbocycles. The van der Waals surface area contributed by atoms with Crippen LogP contribution in [-0.4, -0.2) is 42.6 Å². The fourth-order valence-corrected chi connectivity index (χ4v) is 7.60. The predicted octanol–water partition coefficient (Wildman–Crippen LogP) is 5.75. The fourth-order valence-electron chi connectivity index (χ4n) is 6.90. The number of thiophene rings is 1. The summed E-state index contributed by atoms with van der Waals surface area (Å²) in [5.74, 6) is -0.892. The topological polar surface area (TPSA) is 84.9 Å². The average Bonchev–Trinajstić information content (AvgIpc) is 3.73. The van der Waals surface area contributed by atoms with Crippen molar-refractivity contribution in [2.45, 2.75) is 17.5 Å². The van der Waals surface area contributed by atoms with Gasteiger partial charge in [-0.15, -0.1) is 11.3 Å². The summed E-state index contributed by atoms with van der Waals surface area (Å²) in [6, 6.07) is 22.4. The standard InChI is InChI=1S/C33H26N2O5S/c1-39-24-14-13-20(18-25(24)40-2)29(36)28-27(30(37)26-12-7-17-41-26)33(22-10-5-6-11-23(22)34-32(33)38)31-21-9-4-3-8-19(21)15-16-35(28)31/h3-18,27-28,31H,1-2H3,(H,34,38)/t27-,28+,31-,33+/m1/s1. The number of methoxy groups -OCH3 is 2. The van der Waals surface area contributed by atoms with Gasteiger partial charge in [0.05, 0.1) is 31.1 Å². The molecule has 7 nitrogen and oxygen atoms in total. The first kappa shape index (κ1) is 25.3. The van der Waals surface area contributed by atoms with Crippen LogP contribution in [0.1, 0.15) is 42.8 Å². The van der Waals surface area contributed by atoms with Gasteiger partial charge in [0.1, 0.15) is 11.5 Å². The van der Waals surface area contributed by atoms with E-state index in [9.17, 15) is 14.4 Å². The summed E-state index contributed by atoms with van der Waals surface area (Å²) in [5, 5.41) is 4.91. The molecule has 1 aromatic heterocycles. The summed E-state index contributed by atoms with van der Waals surface area (Å²) in [6.07, 6.45) is 3.82. The van der Waals surface area contributed by atoms with Crippen molar-refractivity contribution in [3.05, 3.63) is 118 Å². The van der Waals surface area contributed by atoms with Crippen molar-refractivity contribution in [2.24, 2.45) is 5.92 Å². The van der Waals surface area contributed by atoms with Gasteiger partial charge < -0.3 is 19.7 Å². The minimum atomic E-state index is -1.35. The summed E-state index contributed by atoms with van der Waals surface area (Å²) < 4.78 is 10.9. The number of rotatable bonds is 6. The molecule has 1 saturated heterocycles. The smallest absolute Gasteiger partial charge is 0.238 e. The van der Waals surface area contributed by atoms with Crippen LogP contribution in [0.15, 0.2) is 90.4 Å². The number of anilines is 1. The zero-order chi connectivity index (χ0) is 28.3. The second-order valence-corrected chi connectivity index (χ2v) is 11.3. The molecule has 1 amide bonds. The number of amides is 1. The maximum atomic E-state index is 14.7. The molecule has 4 aromatic rings. The third-order valence-corrected chi connectivity index (χ3v) is 9.44. The number of carbonyl (C=O) groups excluding carboxylic acids is 3. The van der Waals surface area contributed by atoms with E-state index >= 15 is 0 Å². The molecule has 4 atom stereocenters. The van der Waals surface area contributed by atoms with Gasteiger partial charge in [-0.25, -0.2) is 0 Å². The first-order valence-corrected chi connectivity index (χ1v) is 14.2. The van der Waals surface area contributed by atoms with Crippen LogP contribution in [0.3, 0.4) is 0 Å². The Hall–Kier alpha value is -4.69. The molecule has 0 bridgehead atoms. The number of benzene rings is 3. The van der Waals surface area contributed by atoms with Crippen LogP contribution in [-0.2, 0) is 10.2 Å². The van der Waals surface area contributed by atoms with E-state index < -0.39 is 23.4 Å². The molecule has 0 unspecified atom stereocenters. The average molecular weight is 563 g/mol. The molecular weight excluding hydrogens is 536 g/mol. The SMILES string of the molecule is COc1ccc(C(=O)[C@@H]2[C@H](C(=O)c3cccs3)[C@]3(C(=O)Nc4ccccc43)[C@H]3c4ccccc4C=CN23)cc1OC. The maximum absolute atomic E-state index is 14.7. The third kappa shape index (κ3) is 3.47. The molecule has 204 valence electrons. The van der Waals surface area contributed by atoms with E-state index in [0.29, 0.717) is 27.6 Å². The molecule has 3 aliphatic rings. The Labute approximate surface area is 241 Å². The Morgan fingerprint density at radius 3 is 2.46 bits per heavy atom. The molecule has 4 heterocycles. The van der Waals surface area contributed by atoms with E-state index in [4.69, 9.17) is 9.47 Å². The van der Waals surface area contributed by atoms with Gasteiger partial charge in [-0.1, -0.05) is 48.5 Å². The highest BCUT2D eigenvalue weighted by Crippen LogP contribution is 2.62. The molecule has 8 heteroatoms. The van der Waals surface area contributed by atoms with Gasteiger partial charge >= 0.3 is 0 Å². The number of hydrogen-bond donors (Lipinski definition) is 1. The van der Waals surface area contributed by atoms with Gasteiger partial charge in [-0.05, 0) is 58.5 Å². The first-order chi connectivity index (χ1) is 20.0. The lowest BCUT2D eigenvalue weighted by molar-refractivity contribution is -0.122. The highest BCUT2D eigenvalue weighted by Gasteiger charge is 2.70. The lowest BCUT2D eigenvalue weighted by atomic mass is 9.63. The van der Waals surface area contributed by atoms with E-state index in [1.807, 2.05) is 77.2 Å². The van der Waals surface area contributed by atoms with Crippen LogP contribution >= 0.6 is 11.3 Å². The largest absolute Gasteiger partial charge is 0.493 e. The lowest BCUT2D eigenvalue weighted by Gasteiger charge is -2.38. The summed E-state index contributed by atoms with van der Waals surface area (Å²) in [7, 11) is 3.05. The number of Topliss-reactive ketones (excluding diaryl/α,β-unsaturated/α-hetero) is 2. The number of nitrogens with one attached hydrogen (secondary N) is 1. The molecule has 41 heavy (non-hydrogen) atoms. The predicted molar refractivity (Wildman–Crippen MR) is 157 cm³/mol. The summed E-state index contributed by atoms with van der Waals surface area (Å²) in [6.45, 7) is 0. The Balaban J connectivity index is 1.51. The van der Waals surface area contributed by atoms with E-state index in [1.165, 1.54) is 25.6 Å². The van der Waals surface area contributed by atoms with Gasteiger partial charge in [0.15, 0.2) is 23.1 Å². The van der Waals surface area contributed by atoms with Crippen LogP contribution in [0.2, 0.25) is 0 Å². The van der Waals surface area contributed by atoms with Crippen LogP contribution in [0.25, 0.3) is 6.08 Å². The van der Waals surface area contributed by atoms with E-state index in [2.05, 4.69) is 5.32 Å². The number of fused-ring (bicyclic) bond motifs is 6. The van der Waals surface area contributed by atoms with Crippen molar-refractivity contribution >= 4 is 40.6 Å². The van der Waals surface area contributed by atoms with Gasteiger partial charge in [0.25, 0.3) is 0 Å². The quantitative estimate of drug-likeness (QED) is 0.302. The number of para-hydroxylation sites is 1. The van der Waals surface area contributed by atoms with Gasteiger partial charge in [-0.2, -0.15) is 0 Å². The van der Waals surface area contributed by atoms with E-state index in [0.717, 1.165) is 16.7 Å². The van der Waals surface area contributed by atoms with Crippen LogP contribution in [0, 0.1) is 5.92 Å². The maximum Gasteiger partial charge on any atom is 0.238 e. The van der Waals surface area contributed by atoms with Gasteiger partial charge in [-0.3, -0.25) is 14.4 Å². The monoisotopic (exact) mass is 562 g/mol. The number of hydrogen-bond acceptors (Lipinski definition) is 7. The lowest BCUT2D eigenvalue weighted by Crippen LogP contribution is -2.49. The third-order valence-electron chi connectivity index (χ3n) is 8.55. The van der Waals surface area contributed by atoms with Crippen molar-refractivity contribution in [1.29, 1.82) is 0 Å². The molecule has 1 N–H and O–H groups in total. The number of nitrogens with zero attached hydrogens (tertiary/aromatic N) is 1. The van der Waals surface area contributed by atoms with Crippen molar-refractivity contribution in [3.63, 3.8) is 0 Å². The minimum Gasteiger partial charge on any atom is -0.493 e. The normalized spacial score (nSPS) is 23.5. The second-order valence-electron chi connectivity index (χ2n) is 10.4. The van der Waals surface area contributed by atoms with Crippen LogP contribution in [0.4, 0.5) is 5.69 Å². The zero-order valence-corrected chi connectivity index (χ0v) is 23.2. The molecule has 0 radical (unpaired) electrons. The van der Waals surface area contributed by atoms with E-state index in [-0.39, 0.29) is 17.5 Å². The summed E-state index contributed by atoms with van der Waals surface area (Å²) in [5.41, 5.74) is 2.25. The van der Waals surface area contributed by atoms with Crippen molar-refractivity contribution < 1.29 is 23.9 Å². The molecule has 3 aliphatic heterocycles. The molecule has 7 rings (SSSR count). The Kier molecular flexibility index (Phi) is 5.83. The van der Waals surface area contributed by atoms with Crippen molar-refractivity contribution in [3.8, 4) is 11.5 Å².